The molecule has 39 heavy (non-hydrogen) atoms. The highest BCUT2D eigenvalue weighted by Gasteiger charge is 2.07. The summed E-state index contributed by atoms with van der Waals surface area (Å²) in [6.07, 6.45) is 0.829. The molecule has 4 rings (SSSR count). The summed E-state index contributed by atoms with van der Waals surface area (Å²) in [5.74, 6) is 3.10. The number of likely N-dealkylation sites (N-methyl/N-ethyl adjacent to an activating group) is 1. The Bertz CT molecular complexity index is 1290. The highest BCUT2D eigenvalue weighted by molar-refractivity contribution is 5.63. The van der Waals surface area contributed by atoms with Crippen molar-refractivity contribution in [1.29, 1.82) is 0 Å². The van der Waals surface area contributed by atoms with E-state index in [-0.39, 0.29) is 0 Å². The van der Waals surface area contributed by atoms with E-state index in [0.29, 0.717) is 19.2 Å². The third kappa shape index (κ3) is 8.45. The number of nitrogens with one attached hydrogen (secondary N) is 1. The van der Waals surface area contributed by atoms with Crippen LogP contribution < -0.4 is 19.5 Å². The SMILES string of the molecule is CCN(CC)CCOc1ccc(Nc2nc(C)cc(-c3ccc(OCCc4ccc(OC)cc4)cc3)n2)cc1. The molecule has 7 heteroatoms. The van der Waals surface area contributed by atoms with Gasteiger partial charge < -0.3 is 24.4 Å². The van der Waals surface area contributed by atoms with Crippen LogP contribution in [0.5, 0.6) is 17.2 Å². The summed E-state index contributed by atoms with van der Waals surface area (Å²) in [7, 11) is 1.67. The molecule has 0 saturated heterocycles. The quantitative estimate of drug-likeness (QED) is 0.200. The predicted molar refractivity (Wildman–Crippen MR) is 157 cm³/mol. The lowest BCUT2D eigenvalue weighted by molar-refractivity contribution is 0.223. The summed E-state index contributed by atoms with van der Waals surface area (Å²) in [6.45, 7) is 10.6. The van der Waals surface area contributed by atoms with Gasteiger partial charge in [0.2, 0.25) is 5.95 Å². The molecule has 1 heterocycles. The number of hydrogen-bond donors (Lipinski definition) is 1. The molecule has 4 aromatic rings. The third-order valence-corrected chi connectivity index (χ3v) is 6.50. The standard InChI is InChI=1S/C32H38N4O3/c1-5-36(6-2)20-22-39-30-17-11-27(12-18-30)34-32-33-24(3)23-31(35-32)26-9-15-29(16-10-26)38-21-19-25-7-13-28(37-4)14-8-25/h7-18,23H,5-6,19-22H2,1-4H3,(H,33,34,35). The monoisotopic (exact) mass is 526 g/mol. The number of hydrogen-bond acceptors (Lipinski definition) is 7. The van der Waals surface area contributed by atoms with Gasteiger partial charge in [-0.25, -0.2) is 9.97 Å². The van der Waals surface area contributed by atoms with Gasteiger partial charge in [0.25, 0.3) is 0 Å². The molecule has 0 spiro atoms. The first-order chi connectivity index (χ1) is 19.1. The Hall–Kier alpha value is -4.10. The zero-order valence-electron chi connectivity index (χ0n) is 23.3. The molecule has 0 unspecified atom stereocenters. The second kappa shape index (κ2) is 14.2. The summed E-state index contributed by atoms with van der Waals surface area (Å²) in [5, 5.41) is 3.32. The lowest BCUT2D eigenvalue weighted by Crippen LogP contribution is -2.27. The van der Waals surface area contributed by atoms with Gasteiger partial charge in [0.05, 0.1) is 19.4 Å². The zero-order valence-corrected chi connectivity index (χ0v) is 23.3. The predicted octanol–water partition coefficient (Wildman–Crippen LogP) is 6.55. The Kier molecular flexibility index (Phi) is 10.1. The van der Waals surface area contributed by atoms with Crippen LogP contribution in [0.2, 0.25) is 0 Å². The minimum atomic E-state index is 0.556. The molecular formula is C32H38N4O3. The maximum Gasteiger partial charge on any atom is 0.227 e. The van der Waals surface area contributed by atoms with Crippen LogP contribution in [0.25, 0.3) is 11.3 Å². The summed E-state index contributed by atoms with van der Waals surface area (Å²) in [4.78, 5) is 11.7. The van der Waals surface area contributed by atoms with Crippen molar-refractivity contribution in [3.8, 4) is 28.5 Å². The van der Waals surface area contributed by atoms with Crippen molar-refractivity contribution < 1.29 is 14.2 Å². The lowest BCUT2D eigenvalue weighted by atomic mass is 10.1. The smallest absolute Gasteiger partial charge is 0.227 e. The Labute approximate surface area is 231 Å². The number of aromatic nitrogens is 2. The minimum absolute atomic E-state index is 0.556. The fraction of sp³-hybridized carbons (Fsp3) is 0.312. The molecule has 0 saturated carbocycles. The normalized spacial score (nSPS) is 10.9. The highest BCUT2D eigenvalue weighted by Crippen LogP contribution is 2.24. The van der Waals surface area contributed by atoms with E-state index in [1.807, 2.05) is 73.7 Å². The second-order valence-corrected chi connectivity index (χ2v) is 9.21. The fourth-order valence-electron chi connectivity index (χ4n) is 4.17. The van der Waals surface area contributed by atoms with Crippen molar-refractivity contribution in [3.63, 3.8) is 0 Å². The maximum atomic E-state index is 5.95. The molecule has 1 N–H and O–H groups in total. The molecule has 204 valence electrons. The minimum Gasteiger partial charge on any atom is -0.497 e. The van der Waals surface area contributed by atoms with E-state index in [0.717, 1.165) is 65.9 Å². The van der Waals surface area contributed by atoms with Gasteiger partial charge >= 0.3 is 0 Å². The first kappa shape index (κ1) is 27.9. The molecule has 0 atom stereocenters. The first-order valence-electron chi connectivity index (χ1n) is 13.5. The van der Waals surface area contributed by atoms with Crippen LogP contribution in [0.1, 0.15) is 25.1 Å². The molecule has 1 aromatic heterocycles. The first-order valence-corrected chi connectivity index (χ1v) is 13.5. The summed E-state index contributed by atoms with van der Waals surface area (Å²) in [6, 6.07) is 26.0. The van der Waals surface area contributed by atoms with Gasteiger partial charge in [-0.15, -0.1) is 0 Å². The van der Waals surface area contributed by atoms with Crippen LogP contribution in [0.4, 0.5) is 11.6 Å². The van der Waals surface area contributed by atoms with Crippen LogP contribution in [0.3, 0.4) is 0 Å². The zero-order chi connectivity index (χ0) is 27.5. The average Bonchev–Trinajstić information content (AvgIpc) is 2.97. The molecule has 0 radical (unpaired) electrons. The van der Waals surface area contributed by atoms with E-state index in [1.165, 1.54) is 5.56 Å². The largest absolute Gasteiger partial charge is 0.497 e. The van der Waals surface area contributed by atoms with Gasteiger partial charge in [0.1, 0.15) is 23.9 Å². The Morgan fingerprint density at radius 1 is 0.744 bits per heavy atom. The summed E-state index contributed by atoms with van der Waals surface area (Å²) < 4.78 is 17.1. The Balaban J connectivity index is 1.32. The van der Waals surface area contributed by atoms with Gasteiger partial charge in [-0.05, 0) is 92.3 Å². The number of ether oxygens (including phenoxy) is 3. The van der Waals surface area contributed by atoms with E-state index >= 15 is 0 Å². The number of anilines is 2. The molecule has 0 aliphatic carbocycles. The van der Waals surface area contributed by atoms with Crippen LogP contribution in [-0.4, -0.2) is 54.8 Å². The van der Waals surface area contributed by atoms with Crippen LogP contribution in [0.15, 0.2) is 78.9 Å². The van der Waals surface area contributed by atoms with Gasteiger partial charge in [-0.1, -0.05) is 26.0 Å². The summed E-state index contributed by atoms with van der Waals surface area (Å²) >= 11 is 0. The molecule has 7 nitrogen and oxygen atoms in total. The number of benzene rings is 3. The van der Waals surface area contributed by atoms with Crippen LogP contribution in [-0.2, 0) is 6.42 Å². The third-order valence-electron chi connectivity index (χ3n) is 6.50. The molecule has 0 bridgehead atoms. The average molecular weight is 527 g/mol. The molecule has 0 amide bonds. The van der Waals surface area contributed by atoms with Crippen molar-refractivity contribution in [2.24, 2.45) is 0 Å². The van der Waals surface area contributed by atoms with Gasteiger partial charge in [0, 0.05) is 29.9 Å². The highest BCUT2D eigenvalue weighted by atomic mass is 16.5. The van der Waals surface area contributed by atoms with Crippen LogP contribution in [0, 0.1) is 6.92 Å². The molecule has 0 aliphatic rings. The summed E-state index contributed by atoms with van der Waals surface area (Å²) in [5.41, 5.74) is 4.86. The van der Waals surface area contributed by atoms with E-state index in [2.05, 4.69) is 41.2 Å². The van der Waals surface area contributed by atoms with Gasteiger partial charge in [-0.3, -0.25) is 0 Å². The van der Waals surface area contributed by atoms with Crippen LogP contribution >= 0.6 is 0 Å². The number of methoxy groups -OCH3 is 1. The van der Waals surface area contributed by atoms with Crippen molar-refractivity contribution >= 4 is 11.6 Å². The molecule has 0 aliphatic heterocycles. The molecule has 3 aromatic carbocycles. The lowest BCUT2D eigenvalue weighted by Gasteiger charge is -2.18. The number of aryl methyl sites for hydroxylation is 1. The van der Waals surface area contributed by atoms with E-state index in [4.69, 9.17) is 19.2 Å². The van der Waals surface area contributed by atoms with Crippen molar-refractivity contribution in [1.82, 2.24) is 14.9 Å². The fourth-order valence-corrected chi connectivity index (χ4v) is 4.17. The van der Waals surface area contributed by atoms with Gasteiger partial charge in [-0.2, -0.15) is 0 Å². The Morgan fingerprint density at radius 2 is 1.36 bits per heavy atom. The van der Waals surface area contributed by atoms with Crippen molar-refractivity contribution in [3.05, 3.63) is 90.1 Å². The van der Waals surface area contributed by atoms with E-state index in [9.17, 15) is 0 Å². The van der Waals surface area contributed by atoms with Crippen molar-refractivity contribution in [2.45, 2.75) is 27.2 Å². The number of rotatable bonds is 14. The van der Waals surface area contributed by atoms with E-state index < -0.39 is 0 Å². The number of nitrogens with zero attached hydrogens (tertiary/aromatic N) is 3. The second-order valence-electron chi connectivity index (χ2n) is 9.21. The Morgan fingerprint density at radius 3 is 2.00 bits per heavy atom. The van der Waals surface area contributed by atoms with E-state index in [1.54, 1.807) is 7.11 Å². The van der Waals surface area contributed by atoms with Crippen molar-refractivity contribution in [2.75, 3.05) is 45.3 Å². The topological polar surface area (TPSA) is 68.7 Å². The maximum absolute atomic E-state index is 5.95. The molecular weight excluding hydrogens is 488 g/mol. The van der Waals surface area contributed by atoms with Gasteiger partial charge in [0.15, 0.2) is 0 Å². The molecule has 0 fully saturated rings.